The summed E-state index contributed by atoms with van der Waals surface area (Å²) in [6.45, 7) is 9.26. The Kier molecular flexibility index (Phi) is 4.49. The molecule has 0 amide bonds. The Morgan fingerprint density at radius 1 is 1.33 bits per heavy atom. The third-order valence-electron chi connectivity index (χ3n) is 3.73. The second-order valence-electron chi connectivity index (χ2n) is 4.70. The molecule has 18 heavy (non-hydrogen) atoms. The molecule has 2 rings (SSSR count). The summed E-state index contributed by atoms with van der Waals surface area (Å²) in [5.74, 6) is 0.974. The third kappa shape index (κ3) is 2.79. The summed E-state index contributed by atoms with van der Waals surface area (Å²) in [6.07, 6.45) is 1.21. The van der Waals surface area contributed by atoms with Crippen LogP contribution in [-0.4, -0.2) is 47.3 Å². The number of hydrogen-bond donors (Lipinski definition) is 1. The van der Waals surface area contributed by atoms with Gasteiger partial charge < -0.3 is 10.6 Å². The zero-order chi connectivity index (χ0) is 13.0. The van der Waals surface area contributed by atoms with Crippen LogP contribution in [0.5, 0.6) is 0 Å². The second-order valence-corrected chi connectivity index (χ2v) is 4.70. The molecule has 2 N–H and O–H groups in total. The quantitative estimate of drug-likeness (QED) is 0.838. The summed E-state index contributed by atoms with van der Waals surface area (Å²) in [5, 5.41) is 8.38. The van der Waals surface area contributed by atoms with Crippen molar-refractivity contribution in [2.75, 3.05) is 31.1 Å². The van der Waals surface area contributed by atoms with Crippen LogP contribution in [0.2, 0.25) is 0 Å². The molecule has 1 fully saturated rings. The van der Waals surface area contributed by atoms with Crippen molar-refractivity contribution in [2.24, 2.45) is 5.73 Å². The van der Waals surface area contributed by atoms with Gasteiger partial charge in [0, 0.05) is 25.7 Å². The maximum atomic E-state index is 5.53. The Balaban J connectivity index is 1.99. The fourth-order valence-corrected chi connectivity index (χ4v) is 2.62. The lowest BCUT2D eigenvalue weighted by molar-refractivity contribution is 0.232. The highest BCUT2D eigenvalue weighted by Gasteiger charge is 2.26. The van der Waals surface area contributed by atoms with Crippen molar-refractivity contribution in [3.8, 4) is 0 Å². The fourth-order valence-electron chi connectivity index (χ4n) is 2.62. The molecule has 2 heterocycles. The lowest BCUT2D eigenvalue weighted by atomic mass is 10.2. The van der Waals surface area contributed by atoms with E-state index < -0.39 is 0 Å². The van der Waals surface area contributed by atoms with E-state index in [1.165, 1.54) is 6.42 Å². The van der Waals surface area contributed by atoms with E-state index in [2.05, 4.69) is 33.8 Å². The van der Waals surface area contributed by atoms with Gasteiger partial charge in [0.1, 0.15) is 0 Å². The van der Waals surface area contributed by atoms with Crippen LogP contribution in [0.25, 0.3) is 0 Å². The van der Waals surface area contributed by atoms with Gasteiger partial charge in [-0.05, 0) is 31.6 Å². The topological polar surface area (TPSA) is 58.3 Å². The molecule has 1 unspecified atom stereocenters. The lowest BCUT2D eigenvalue weighted by Gasteiger charge is -2.26. The summed E-state index contributed by atoms with van der Waals surface area (Å²) in [5.41, 5.74) is 6.37. The summed E-state index contributed by atoms with van der Waals surface area (Å²) >= 11 is 0. The molecule has 1 aromatic rings. The molecule has 1 atom stereocenters. The number of nitrogens with zero attached hydrogens (tertiary/aromatic N) is 4. The van der Waals surface area contributed by atoms with Crippen molar-refractivity contribution in [3.63, 3.8) is 0 Å². The van der Waals surface area contributed by atoms with E-state index in [1.807, 2.05) is 12.1 Å². The van der Waals surface area contributed by atoms with Crippen LogP contribution in [0.15, 0.2) is 12.1 Å². The van der Waals surface area contributed by atoms with E-state index in [4.69, 9.17) is 5.73 Å². The molecule has 1 aliphatic heterocycles. The molecule has 1 aromatic heterocycles. The number of rotatable bonds is 5. The Morgan fingerprint density at radius 2 is 2.11 bits per heavy atom. The zero-order valence-corrected chi connectivity index (χ0v) is 11.3. The minimum atomic E-state index is 0.454. The maximum Gasteiger partial charge on any atom is 0.151 e. The fraction of sp³-hybridized carbons (Fsp3) is 0.692. The van der Waals surface area contributed by atoms with Gasteiger partial charge in [0.05, 0.1) is 5.69 Å². The molecule has 0 radical (unpaired) electrons. The summed E-state index contributed by atoms with van der Waals surface area (Å²) in [6, 6.07) is 4.64. The number of aromatic nitrogens is 2. The summed E-state index contributed by atoms with van der Waals surface area (Å²) < 4.78 is 0. The molecule has 1 aliphatic rings. The largest absolute Gasteiger partial charge is 0.354 e. The molecular formula is C13H23N5. The smallest absolute Gasteiger partial charge is 0.151 e. The monoisotopic (exact) mass is 249 g/mol. The van der Waals surface area contributed by atoms with E-state index in [-0.39, 0.29) is 0 Å². The predicted octanol–water partition coefficient (Wildman–Crippen LogP) is 0.856. The van der Waals surface area contributed by atoms with Crippen LogP contribution < -0.4 is 10.6 Å². The van der Waals surface area contributed by atoms with Gasteiger partial charge in [-0.3, -0.25) is 4.90 Å². The highest BCUT2D eigenvalue weighted by molar-refractivity contribution is 5.39. The molecule has 5 heteroatoms. The number of nitrogens with two attached hydrogens (primary N) is 1. The van der Waals surface area contributed by atoms with Crippen LogP contribution in [0, 0.1) is 0 Å². The van der Waals surface area contributed by atoms with E-state index >= 15 is 0 Å². The van der Waals surface area contributed by atoms with Gasteiger partial charge in [-0.1, -0.05) is 13.8 Å². The average molecular weight is 249 g/mol. The van der Waals surface area contributed by atoms with Crippen LogP contribution in [-0.2, 0) is 6.54 Å². The van der Waals surface area contributed by atoms with Crippen molar-refractivity contribution in [2.45, 2.75) is 32.9 Å². The van der Waals surface area contributed by atoms with E-state index in [1.54, 1.807) is 0 Å². The van der Waals surface area contributed by atoms with E-state index in [0.717, 1.165) is 37.7 Å². The predicted molar refractivity (Wildman–Crippen MR) is 73.5 cm³/mol. The molecule has 0 saturated carbocycles. The maximum absolute atomic E-state index is 5.53. The molecule has 0 aliphatic carbocycles. The third-order valence-corrected chi connectivity index (χ3v) is 3.73. The molecule has 0 bridgehead atoms. The highest BCUT2D eigenvalue weighted by atomic mass is 15.3. The minimum Gasteiger partial charge on any atom is -0.354 e. The van der Waals surface area contributed by atoms with Crippen molar-refractivity contribution in [1.29, 1.82) is 0 Å². The normalized spacial score (nSPS) is 19.8. The van der Waals surface area contributed by atoms with E-state index in [0.29, 0.717) is 12.6 Å². The Bertz CT molecular complexity index is 360. The second kappa shape index (κ2) is 6.11. The molecule has 0 aromatic carbocycles. The van der Waals surface area contributed by atoms with Crippen LogP contribution in [0.4, 0.5) is 5.82 Å². The Hall–Kier alpha value is -1.20. The summed E-state index contributed by atoms with van der Waals surface area (Å²) in [7, 11) is 0. The molecule has 1 saturated heterocycles. The van der Waals surface area contributed by atoms with Crippen LogP contribution in [0.1, 0.15) is 26.0 Å². The number of hydrogen-bond acceptors (Lipinski definition) is 5. The first-order chi connectivity index (χ1) is 8.78. The first-order valence-corrected chi connectivity index (χ1v) is 6.80. The number of anilines is 1. The van der Waals surface area contributed by atoms with Crippen molar-refractivity contribution in [1.82, 2.24) is 15.1 Å². The standard InChI is InChI=1S/C13H23N5/c1-3-17(4-2)12-7-8-18(10-12)13-6-5-11(9-14)15-16-13/h5-6,12H,3-4,7-10,14H2,1-2H3. The molecule has 5 nitrogen and oxygen atoms in total. The zero-order valence-electron chi connectivity index (χ0n) is 11.3. The van der Waals surface area contributed by atoms with Gasteiger partial charge >= 0.3 is 0 Å². The number of likely N-dealkylation sites (N-methyl/N-ethyl adjacent to an activating group) is 1. The van der Waals surface area contributed by atoms with Crippen LogP contribution >= 0.6 is 0 Å². The van der Waals surface area contributed by atoms with Gasteiger partial charge in [0.25, 0.3) is 0 Å². The summed E-state index contributed by atoms with van der Waals surface area (Å²) in [4.78, 5) is 4.83. The Labute approximate surface area is 109 Å². The van der Waals surface area contributed by atoms with Crippen molar-refractivity contribution < 1.29 is 0 Å². The lowest BCUT2D eigenvalue weighted by Crippen LogP contribution is -2.37. The molecular weight excluding hydrogens is 226 g/mol. The molecule has 0 spiro atoms. The molecule has 100 valence electrons. The van der Waals surface area contributed by atoms with Gasteiger partial charge in [-0.25, -0.2) is 0 Å². The van der Waals surface area contributed by atoms with E-state index in [9.17, 15) is 0 Å². The average Bonchev–Trinajstić information content (AvgIpc) is 2.90. The SMILES string of the molecule is CCN(CC)C1CCN(c2ccc(CN)nn2)C1. The van der Waals surface area contributed by atoms with Crippen LogP contribution in [0.3, 0.4) is 0 Å². The minimum absolute atomic E-state index is 0.454. The van der Waals surface area contributed by atoms with Gasteiger partial charge in [0.2, 0.25) is 0 Å². The van der Waals surface area contributed by atoms with Gasteiger partial charge in [-0.15, -0.1) is 5.10 Å². The van der Waals surface area contributed by atoms with Gasteiger partial charge in [0.15, 0.2) is 5.82 Å². The van der Waals surface area contributed by atoms with Gasteiger partial charge in [-0.2, -0.15) is 5.10 Å². The Morgan fingerprint density at radius 3 is 2.67 bits per heavy atom. The first kappa shape index (κ1) is 13.2. The highest BCUT2D eigenvalue weighted by Crippen LogP contribution is 2.20. The van der Waals surface area contributed by atoms with Crippen molar-refractivity contribution in [3.05, 3.63) is 17.8 Å². The first-order valence-electron chi connectivity index (χ1n) is 6.80. The van der Waals surface area contributed by atoms with Crippen molar-refractivity contribution >= 4 is 5.82 Å².